The largest absolute Gasteiger partial charge is 0.465 e. The van der Waals surface area contributed by atoms with E-state index in [2.05, 4.69) is 12.2 Å². The average molecular weight is 185 g/mol. The van der Waals surface area contributed by atoms with E-state index in [4.69, 9.17) is 4.74 Å². The predicted molar refractivity (Wildman–Crippen MR) is 51.5 cm³/mol. The van der Waals surface area contributed by atoms with E-state index in [9.17, 15) is 4.79 Å². The summed E-state index contributed by atoms with van der Waals surface area (Å²) in [5, 5.41) is 3.33. The smallest absolute Gasteiger partial charge is 0.323 e. The zero-order valence-corrected chi connectivity index (χ0v) is 8.72. The fourth-order valence-corrected chi connectivity index (χ4v) is 1.32. The Morgan fingerprint density at radius 3 is 2.54 bits per heavy atom. The molecule has 13 heavy (non-hydrogen) atoms. The molecule has 3 nitrogen and oxygen atoms in total. The third-order valence-corrected chi connectivity index (χ3v) is 2.50. The minimum absolute atomic E-state index is 0.113. The molecule has 0 aromatic carbocycles. The first-order chi connectivity index (χ1) is 6.11. The van der Waals surface area contributed by atoms with Crippen LogP contribution in [0.2, 0.25) is 0 Å². The van der Waals surface area contributed by atoms with Crippen molar-refractivity contribution in [3.63, 3.8) is 0 Å². The van der Waals surface area contributed by atoms with Gasteiger partial charge in [0.1, 0.15) is 6.04 Å². The molecule has 1 rings (SSSR count). The predicted octanol–water partition coefficient (Wildman–Crippen LogP) is 1.47. The highest BCUT2D eigenvalue weighted by atomic mass is 16.5. The monoisotopic (exact) mass is 185 g/mol. The van der Waals surface area contributed by atoms with Crippen LogP contribution in [0.5, 0.6) is 0 Å². The molecule has 3 heteroatoms. The van der Waals surface area contributed by atoms with Gasteiger partial charge in [0, 0.05) is 5.54 Å². The van der Waals surface area contributed by atoms with Gasteiger partial charge in [-0.3, -0.25) is 10.1 Å². The maximum absolute atomic E-state index is 11.4. The molecule has 1 unspecified atom stereocenters. The van der Waals surface area contributed by atoms with Crippen molar-refractivity contribution in [3.05, 3.63) is 0 Å². The molecule has 0 spiro atoms. The fourth-order valence-electron chi connectivity index (χ4n) is 1.32. The molecule has 0 aromatic heterocycles. The van der Waals surface area contributed by atoms with Crippen molar-refractivity contribution < 1.29 is 9.53 Å². The zero-order chi connectivity index (χ0) is 9.90. The second-order valence-corrected chi connectivity index (χ2v) is 3.92. The molecule has 0 saturated heterocycles. The Balaban J connectivity index is 2.37. The van der Waals surface area contributed by atoms with E-state index in [0.717, 1.165) is 6.42 Å². The summed E-state index contributed by atoms with van der Waals surface area (Å²) < 4.78 is 4.97. The lowest BCUT2D eigenvalue weighted by atomic mass is 10.2. The SMILES string of the molecule is CCOC(=O)C(CC)NC1(C)CC1. The van der Waals surface area contributed by atoms with Gasteiger partial charge in [-0.05, 0) is 33.1 Å². The summed E-state index contributed by atoms with van der Waals surface area (Å²) >= 11 is 0. The molecule has 0 amide bonds. The molecule has 0 aliphatic heterocycles. The summed E-state index contributed by atoms with van der Waals surface area (Å²) in [6.45, 7) is 6.45. The fraction of sp³-hybridized carbons (Fsp3) is 0.900. The van der Waals surface area contributed by atoms with Crippen molar-refractivity contribution in [3.8, 4) is 0 Å². The van der Waals surface area contributed by atoms with Crippen LogP contribution in [0.3, 0.4) is 0 Å². The highest BCUT2D eigenvalue weighted by molar-refractivity contribution is 5.75. The van der Waals surface area contributed by atoms with Gasteiger partial charge < -0.3 is 4.74 Å². The first-order valence-corrected chi connectivity index (χ1v) is 5.05. The summed E-state index contributed by atoms with van der Waals surface area (Å²) in [4.78, 5) is 11.4. The molecule has 0 aromatic rings. The van der Waals surface area contributed by atoms with Crippen molar-refractivity contribution in [1.82, 2.24) is 5.32 Å². The zero-order valence-electron chi connectivity index (χ0n) is 8.72. The van der Waals surface area contributed by atoms with Crippen LogP contribution in [-0.4, -0.2) is 24.2 Å². The Bertz CT molecular complexity index is 187. The molecule has 76 valence electrons. The Morgan fingerprint density at radius 1 is 1.54 bits per heavy atom. The lowest BCUT2D eigenvalue weighted by Crippen LogP contribution is -2.43. The Hall–Kier alpha value is -0.570. The number of hydrogen-bond acceptors (Lipinski definition) is 3. The molecule has 1 aliphatic rings. The Kier molecular flexibility index (Phi) is 3.31. The van der Waals surface area contributed by atoms with Crippen LogP contribution in [0.4, 0.5) is 0 Å². The maximum Gasteiger partial charge on any atom is 0.323 e. The van der Waals surface area contributed by atoms with Crippen molar-refractivity contribution in [1.29, 1.82) is 0 Å². The quantitative estimate of drug-likeness (QED) is 0.659. The highest BCUT2D eigenvalue weighted by Gasteiger charge is 2.40. The van der Waals surface area contributed by atoms with E-state index in [-0.39, 0.29) is 17.6 Å². The van der Waals surface area contributed by atoms with Crippen LogP contribution in [-0.2, 0) is 9.53 Å². The van der Waals surface area contributed by atoms with Gasteiger partial charge in [-0.1, -0.05) is 6.92 Å². The first-order valence-electron chi connectivity index (χ1n) is 5.05. The average Bonchev–Trinajstić information content (AvgIpc) is 2.81. The van der Waals surface area contributed by atoms with Crippen LogP contribution in [0, 0.1) is 0 Å². The number of ether oxygens (including phenoxy) is 1. The van der Waals surface area contributed by atoms with Gasteiger partial charge in [0.2, 0.25) is 0 Å². The molecule has 1 aliphatic carbocycles. The molecular formula is C10H19NO2. The molecular weight excluding hydrogens is 166 g/mol. The third-order valence-electron chi connectivity index (χ3n) is 2.50. The molecule has 0 heterocycles. The van der Waals surface area contributed by atoms with Crippen LogP contribution >= 0.6 is 0 Å². The number of esters is 1. The molecule has 1 saturated carbocycles. The number of nitrogens with one attached hydrogen (secondary N) is 1. The molecule has 0 bridgehead atoms. The number of carbonyl (C=O) groups is 1. The second kappa shape index (κ2) is 4.09. The van der Waals surface area contributed by atoms with Gasteiger partial charge in [-0.25, -0.2) is 0 Å². The van der Waals surface area contributed by atoms with Gasteiger partial charge in [0.25, 0.3) is 0 Å². The Labute approximate surface area is 79.8 Å². The van der Waals surface area contributed by atoms with Gasteiger partial charge in [0.15, 0.2) is 0 Å². The van der Waals surface area contributed by atoms with Gasteiger partial charge in [-0.15, -0.1) is 0 Å². The van der Waals surface area contributed by atoms with E-state index in [1.807, 2.05) is 13.8 Å². The van der Waals surface area contributed by atoms with Crippen molar-refractivity contribution in [2.75, 3.05) is 6.61 Å². The van der Waals surface area contributed by atoms with E-state index in [1.54, 1.807) is 0 Å². The minimum Gasteiger partial charge on any atom is -0.465 e. The summed E-state index contributed by atoms with van der Waals surface area (Å²) in [5.41, 5.74) is 0.202. The van der Waals surface area contributed by atoms with E-state index in [0.29, 0.717) is 6.61 Å². The van der Waals surface area contributed by atoms with E-state index in [1.165, 1.54) is 12.8 Å². The van der Waals surface area contributed by atoms with Gasteiger partial charge >= 0.3 is 5.97 Å². The molecule has 1 atom stereocenters. The topological polar surface area (TPSA) is 38.3 Å². The van der Waals surface area contributed by atoms with E-state index >= 15 is 0 Å². The summed E-state index contributed by atoms with van der Waals surface area (Å²) in [5.74, 6) is -0.113. The van der Waals surface area contributed by atoms with Crippen LogP contribution in [0.25, 0.3) is 0 Å². The molecule has 1 fully saturated rings. The van der Waals surface area contributed by atoms with Crippen LogP contribution in [0.1, 0.15) is 40.0 Å². The number of rotatable bonds is 5. The van der Waals surface area contributed by atoms with E-state index < -0.39 is 0 Å². The third kappa shape index (κ3) is 2.99. The minimum atomic E-state index is -0.118. The highest BCUT2D eigenvalue weighted by Crippen LogP contribution is 2.35. The summed E-state index contributed by atoms with van der Waals surface area (Å²) in [6, 6.07) is -0.118. The van der Waals surface area contributed by atoms with Crippen molar-refractivity contribution in [2.45, 2.75) is 51.6 Å². The van der Waals surface area contributed by atoms with Crippen molar-refractivity contribution in [2.24, 2.45) is 0 Å². The molecule has 1 N–H and O–H groups in total. The maximum atomic E-state index is 11.4. The number of carbonyl (C=O) groups excluding carboxylic acids is 1. The standard InChI is InChI=1S/C10H19NO2/c1-4-8(9(12)13-5-2)11-10(3)6-7-10/h8,11H,4-7H2,1-3H3. The van der Waals surface area contributed by atoms with Crippen molar-refractivity contribution >= 4 is 5.97 Å². The number of hydrogen-bond donors (Lipinski definition) is 1. The van der Waals surface area contributed by atoms with Crippen LogP contribution in [0.15, 0.2) is 0 Å². The Morgan fingerprint density at radius 2 is 2.15 bits per heavy atom. The first kappa shape index (κ1) is 10.5. The normalized spacial score (nSPS) is 20.8. The molecule has 0 radical (unpaired) electrons. The lowest BCUT2D eigenvalue weighted by molar-refractivity contribution is -0.146. The van der Waals surface area contributed by atoms with Gasteiger partial charge in [0.05, 0.1) is 6.61 Å². The summed E-state index contributed by atoms with van der Waals surface area (Å²) in [6.07, 6.45) is 3.14. The lowest BCUT2D eigenvalue weighted by Gasteiger charge is -2.19. The van der Waals surface area contributed by atoms with Crippen LogP contribution < -0.4 is 5.32 Å². The van der Waals surface area contributed by atoms with Gasteiger partial charge in [-0.2, -0.15) is 0 Å². The second-order valence-electron chi connectivity index (χ2n) is 3.92. The summed E-state index contributed by atoms with van der Waals surface area (Å²) in [7, 11) is 0.